The highest BCUT2D eigenvalue weighted by Crippen LogP contribution is 2.41. The van der Waals surface area contributed by atoms with Crippen LogP contribution in [-0.4, -0.2) is 6.54 Å². The van der Waals surface area contributed by atoms with Crippen molar-refractivity contribution in [3.63, 3.8) is 0 Å². The zero-order valence-electron chi connectivity index (χ0n) is 13.1. The van der Waals surface area contributed by atoms with Gasteiger partial charge in [0, 0.05) is 6.04 Å². The number of hydrogen-bond acceptors (Lipinski definition) is 1. The molecule has 1 saturated carbocycles. The van der Waals surface area contributed by atoms with E-state index >= 15 is 0 Å². The molecule has 0 radical (unpaired) electrons. The molecule has 1 fully saturated rings. The molecule has 2 aliphatic rings. The third-order valence-corrected chi connectivity index (χ3v) is 5.50. The Bertz CT molecular complexity index is 443. The summed E-state index contributed by atoms with van der Waals surface area (Å²) in [5, 5.41) is 3.89. The van der Waals surface area contributed by atoms with Gasteiger partial charge in [0.25, 0.3) is 0 Å². The van der Waals surface area contributed by atoms with Crippen LogP contribution < -0.4 is 5.32 Å². The van der Waals surface area contributed by atoms with Crippen molar-refractivity contribution in [3.05, 3.63) is 35.4 Å². The van der Waals surface area contributed by atoms with E-state index in [1.807, 2.05) is 0 Å². The van der Waals surface area contributed by atoms with Gasteiger partial charge in [-0.15, -0.1) is 0 Å². The van der Waals surface area contributed by atoms with Gasteiger partial charge in [0.05, 0.1) is 0 Å². The van der Waals surface area contributed by atoms with Crippen LogP contribution in [0.1, 0.15) is 76.0 Å². The Labute approximate surface area is 124 Å². The van der Waals surface area contributed by atoms with Crippen LogP contribution >= 0.6 is 0 Å². The van der Waals surface area contributed by atoms with E-state index in [0.29, 0.717) is 11.5 Å². The highest BCUT2D eigenvalue weighted by atomic mass is 14.9. The average molecular weight is 271 g/mol. The number of nitrogens with one attached hydrogen (secondary N) is 1. The molecule has 1 aromatic rings. The van der Waals surface area contributed by atoms with Gasteiger partial charge in [-0.25, -0.2) is 0 Å². The predicted molar refractivity (Wildman–Crippen MR) is 86.0 cm³/mol. The van der Waals surface area contributed by atoms with Crippen molar-refractivity contribution in [3.8, 4) is 0 Å². The summed E-state index contributed by atoms with van der Waals surface area (Å²) in [6.45, 7) is 6.01. The van der Waals surface area contributed by atoms with Gasteiger partial charge in [0.2, 0.25) is 0 Å². The molecule has 0 heterocycles. The Morgan fingerprint density at radius 2 is 1.80 bits per heavy atom. The molecule has 1 aromatic carbocycles. The van der Waals surface area contributed by atoms with Crippen LogP contribution in [0, 0.1) is 5.92 Å². The third kappa shape index (κ3) is 2.93. The Balaban J connectivity index is 1.68. The number of benzene rings is 1. The van der Waals surface area contributed by atoms with E-state index in [9.17, 15) is 0 Å². The number of rotatable bonds is 3. The summed E-state index contributed by atoms with van der Waals surface area (Å²) in [7, 11) is 0. The van der Waals surface area contributed by atoms with E-state index in [1.54, 1.807) is 11.1 Å². The van der Waals surface area contributed by atoms with Crippen molar-refractivity contribution in [1.82, 2.24) is 5.32 Å². The molecule has 20 heavy (non-hydrogen) atoms. The van der Waals surface area contributed by atoms with Crippen molar-refractivity contribution >= 4 is 0 Å². The van der Waals surface area contributed by atoms with Crippen LogP contribution in [0.25, 0.3) is 0 Å². The van der Waals surface area contributed by atoms with Gasteiger partial charge >= 0.3 is 0 Å². The fourth-order valence-corrected chi connectivity index (χ4v) is 4.12. The van der Waals surface area contributed by atoms with Gasteiger partial charge in [-0.1, -0.05) is 57.4 Å². The molecular formula is C19H29N. The van der Waals surface area contributed by atoms with Crippen LogP contribution in [0.3, 0.4) is 0 Å². The summed E-state index contributed by atoms with van der Waals surface area (Å²) in [5.74, 6) is 0.922. The summed E-state index contributed by atoms with van der Waals surface area (Å²) in [6, 6.07) is 9.67. The summed E-state index contributed by atoms with van der Waals surface area (Å²) in [6.07, 6.45) is 9.81. The number of hydrogen-bond donors (Lipinski definition) is 1. The zero-order valence-corrected chi connectivity index (χ0v) is 13.1. The van der Waals surface area contributed by atoms with Crippen LogP contribution in [-0.2, 0) is 5.41 Å². The van der Waals surface area contributed by atoms with E-state index in [2.05, 4.69) is 43.4 Å². The first-order valence-electron chi connectivity index (χ1n) is 8.49. The van der Waals surface area contributed by atoms with Crippen LogP contribution in [0.5, 0.6) is 0 Å². The van der Waals surface area contributed by atoms with Gasteiger partial charge < -0.3 is 5.32 Å². The summed E-state index contributed by atoms with van der Waals surface area (Å²) in [5.41, 5.74) is 3.46. The van der Waals surface area contributed by atoms with Crippen LogP contribution in [0.15, 0.2) is 24.3 Å². The fraction of sp³-hybridized carbons (Fsp3) is 0.684. The smallest absolute Gasteiger partial charge is 0.0323 e. The molecule has 1 atom stereocenters. The van der Waals surface area contributed by atoms with Crippen molar-refractivity contribution in [2.75, 3.05) is 6.54 Å². The maximum absolute atomic E-state index is 3.89. The molecule has 0 saturated heterocycles. The molecule has 0 aliphatic heterocycles. The lowest BCUT2D eigenvalue weighted by atomic mass is 9.71. The fourth-order valence-electron chi connectivity index (χ4n) is 4.12. The van der Waals surface area contributed by atoms with E-state index in [-0.39, 0.29) is 0 Å². The second-order valence-electron chi connectivity index (χ2n) is 7.47. The predicted octanol–water partition coefficient (Wildman–Crippen LogP) is 4.97. The van der Waals surface area contributed by atoms with E-state index in [1.165, 1.54) is 51.5 Å². The molecule has 0 aromatic heterocycles. The van der Waals surface area contributed by atoms with Gasteiger partial charge in [0.1, 0.15) is 0 Å². The largest absolute Gasteiger partial charge is 0.310 e. The highest BCUT2D eigenvalue weighted by Gasteiger charge is 2.32. The average Bonchev–Trinajstić information content (AvgIpc) is 2.48. The second kappa shape index (κ2) is 5.89. The first-order chi connectivity index (χ1) is 9.67. The molecule has 2 aliphatic carbocycles. The number of fused-ring (bicyclic) bond motifs is 1. The first-order valence-corrected chi connectivity index (χ1v) is 8.49. The summed E-state index contributed by atoms with van der Waals surface area (Å²) >= 11 is 0. The molecule has 3 rings (SSSR count). The summed E-state index contributed by atoms with van der Waals surface area (Å²) in [4.78, 5) is 0. The maximum atomic E-state index is 3.89. The van der Waals surface area contributed by atoms with Crippen LogP contribution in [0.4, 0.5) is 0 Å². The van der Waals surface area contributed by atoms with E-state index < -0.39 is 0 Å². The normalized spacial score (nSPS) is 26.2. The van der Waals surface area contributed by atoms with E-state index in [4.69, 9.17) is 0 Å². The van der Waals surface area contributed by atoms with Gasteiger partial charge in [0.15, 0.2) is 0 Å². The van der Waals surface area contributed by atoms with Crippen molar-refractivity contribution < 1.29 is 0 Å². The standard InChI is InChI=1S/C19H29N/c1-19(2)13-12-18(16-10-6-7-11-17(16)19)20-14-15-8-4-3-5-9-15/h6-7,10-11,15,18,20H,3-5,8-9,12-14H2,1-2H3. The second-order valence-corrected chi connectivity index (χ2v) is 7.47. The lowest BCUT2D eigenvalue weighted by molar-refractivity contribution is 0.301. The SMILES string of the molecule is CC1(C)CCC(NCC2CCCCC2)c2ccccc21. The molecule has 1 nitrogen and oxygen atoms in total. The van der Waals surface area contributed by atoms with Crippen molar-refractivity contribution in [2.24, 2.45) is 5.92 Å². The minimum absolute atomic E-state index is 0.347. The van der Waals surface area contributed by atoms with E-state index in [0.717, 1.165) is 5.92 Å². The minimum atomic E-state index is 0.347. The first kappa shape index (κ1) is 14.1. The zero-order chi connectivity index (χ0) is 14.0. The minimum Gasteiger partial charge on any atom is -0.310 e. The molecule has 1 N–H and O–H groups in total. The van der Waals surface area contributed by atoms with Gasteiger partial charge in [-0.3, -0.25) is 0 Å². The van der Waals surface area contributed by atoms with Gasteiger partial charge in [-0.05, 0) is 54.7 Å². The molecule has 1 unspecified atom stereocenters. The highest BCUT2D eigenvalue weighted by molar-refractivity contribution is 5.38. The molecule has 0 bridgehead atoms. The Kier molecular flexibility index (Phi) is 4.16. The maximum Gasteiger partial charge on any atom is 0.0323 e. The molecule has 110 valence electrons. The lowest BCUT2D eigenvalue weighted by Gasteiger charge is -2.38. The van der Waals surface area contributed by atoms with Crippen molar-refractivity contribution in [1.29, 1.82) is 0 Å². The Morgan fingerprint density at radius 1 is 1.05 bits per heavy atom. The summed E-state index contributed by atoms with van der Waals surface area (Å²) < 4.78 is 0. The van der Waals surface area contributed by atoms with Crippen LogP contribution in [0.2, 0.25) is 0 Å². The topological polar surface area (TPSA) is 12.0 Å². The molecular weight excluding hydrogens is 242 g/mol. The Hall–Kier alpha value is -0.820. The van der Waals surface area contributed by atoms with Crippen molar-refractivity contribution in [2.45, 2.75) is 70.3 Å². The Morgan fingerprint density at radius 3 is 2.60 bits per heavy atom. The quantitative estimate of drug-likeness (QED) is 0.818. The lowest BCUT2D eigenvalue weighted by Crippen LogP contribution is -2.35. The molecule has 0 amide bonds. The monoisotopic (exact) mass is 271 g/mol. The molecule has 0 spiro atoms. The molecule has 1 heteroatoms. The van der Waals surface area contributed by atoms with Gasteiger partial charge in [-0.2, -0.15) is 0 Å². The third-order valence-electron chi connectivity index (χ3n) is 5.50.